The molecule has 1 heterocycles. The molecule has 0 saturated heterocycles. The summed E-state index contributed by atoms with van der Waals surface area (Å²) >= 11 is 0. The third-order valence-corrected chi connectivity index (χ3v) is 3.98. The van der Waals surface area contributed by atoms with E-state index in [-0.39, 0.29) is 4.90 Å². The van der Waals surface area contributed by atoms with Gasteiger partial charge < -0.3 is 4.98 Å². The van der Waals surface area contributed by atoms with E-state index >= 15 is 0 Å². The summed E-state index contributed by atoms with van der Waals surface area (Å²) < 4.78 is 24.8. The van der Waals surface area contributed by atoms with Gasteiger partial charge in [-0.25, -0.2) is 17.7 Å². The summed E-state index contributed by atoms with van der Waals surface area (Å²) in [5.74, 6) is 0. The van der Waals surface area contributed by atoms with E-state index in [1.807, 2.05) is 0 Å². The molecule has 0 radical (unpaired) electrons. The van der Waals surface area contributed by atoms with Gasteiger partial charge in [-0.3, -0.25) is 0 Å². The van der Waals surface area contributed by atoms with Crippen LogP contribution in [0.1, 0.15) is 0 Å². The van der Waals surface area contributed by atoms with E-state index in [1.54, 1.807) is 18.2 Å². The number of aromatic amines is 1. The smallest absolute Gasteiger partial charge is 0.242 e. The number of benzene rings is 1. The Hall–Kier alpha value is -1.40. The van der Waals surface area contributed by atoms with E-state index in [0.717, 1.165) is 11.0 Å². The number of hydrogen-bond acceptors (Lipinski definition) is 3. The number of hydrogen-bond donors (Lipinski definition) is 1. The van der Waals surface area contributed by atoms with Crippen LogP contribution in [0.4, 0.5) is 0 Å². The van der Waals surface area contributed by atoms with Gasteiger partial charge in [0.1, 0.15) is 0 Å². The molecule has 2 rings (SSSR count). The van der Waals surface area contributed by atoms with E-state index in [2.05, 4.69) is 9.97 Å². The molecule has 0 saturated carbocycles. The van der Waals surface area contributed by atoms with Crippen molar-refractivity contribution in [3.8, 4) is 0 Å². The Morgan fingerprint density at radius 3 is 2.73 bits per heavy atom. The Morgan fingerprint density at radius 2 is 2.07 bits per heavy atom. The number of nitrogens with zero attached hydrogens (tertiary/aromatic N) is 2. The van der Waals surface area contributed by atoms with Crippen molar-refractivity contribution >= 4 is 21.1 Å². The minimum atomic E-state index is -3.36. The molecule has 1 N–H and O–H groups in total. The first-order chi connectivity index (χ1) is 7.01. The number of sulfonamides is 1. The fourth-order valence-corrected chi connectivity index (χ4v) is 2.21. The molecule has 0 bridgehead atoms. The number of H-pyrrole nitrogens is 1. The van der Waals surface area contributed by atoms with Crippen molar-refractivity contribution in [3.63, 3.8) is 0 Å². The van der Waals surface area contributed by atoms with E-state index in [1.165, 1.54) is 24.7 Å². The van der Waals surface area contributed by atoms with E-state index < -0.39 is 10.0 Å². The molecule has 0 aliphatic carbocycles. The van der Waals surface area contributed by atoms with Crippen LogP contribution in [0.2, 0.25) is 0 Å². The molecule has 1 aromatic carbocycles. The number of rotatable bonds is 2. The first-order valence-electron chi connectivity index (χ1n) is 4.37. The first kappa shape index (κ1) is 10.1. The molecule has 5 nitrogen and oxygen atoms in total. The van der Waals surface area contributed by atoms with Crippen LogP contribution in [-0.2, 0) is 10.0 Å². The van der Waals surface area contributed by atoms with Crippen LogP contribution < -0.4 is 0 Å². The van der Waals surface area contributed by atoms with Crippen LogP contribution in [0, 0.1) is 0 Å². The van der Waals surface area contributed by atoms with Crippen molar-refractivity contribution in [2.45, 2.75) is 4.90 Å². The van der Waals surface area contributed by atoms with Crippen LogP contribution in [0.15, 0.2) is 29.4 Å². The molecule has 0 atom stereocenters. The van der Waals surface area contributed by atoms with Crippen molar-refractivity contribution in [1.29, 1.82) is 0 Å². The van der Waals surface area contributed by atoms with E-state index in [0.29, 0.717) is 0 Å². The molecular formula is C9H11N3O2S. The lowest BCUT2D eigenvalue weighted by molar-refractivity contribution is 0.521. The standard InChI is InChI=1S/C9H11N3O2S/c1-12(2)15(13,14)7-3-4-8-9(5-7)11-6-10-8/h3-6H,1-2H3,(H,10,11). The monoisotopic (exact) mass is 225 g/mol. The quantitative estimate of drug-likeness (QED) is 0.822. The van der Waals surface area contributed by atoms with Crippen LogP contribution >= 0.6 is 0 Å². The molecule has 0 spiro atoms. The minimum absolute atomic E-state index is 0.268. The predicted octanol–water partition coefficient (Wildman–Crippen LogP) is 0.813. The highest BCUT2D eigenvalue weighted by Gasteiger charge is 2.17. The van der Waals surface area contributed by atoms with E-state index in [4.69, 9.17) is 0 Å². The Kier molecular flexibility index (Phi) is 2.24. The topological polar surface area (TPSA) is 66.1 Å². The number of aromatic nitrogens is 2. The second-order valence-corrected chi connectivity index (χ2v) is 5.52. The Bertz CT molecular complexity index is 586. The molecule has 0 fully saturated rings. The molecule has 2 aromatic rings. The predicted molar refractivity (Wildman–Crippen MR) is 57.0 cm³/mol. The average Bonchev–Trinajstić information content (AvgIpc) is 2.63. The average molecular weight is 225 g/mol. The van der Waals surface area contributed by atoms with Gasteiger partial charge in [0.05, 0.1) is 22.3 Å². The zero-order valence-corrected chi connectivity index (χ0v) is 9.25. The van der Waals surface area contributed by atoms with Gasteiger partial charge in [-0.05, 0) is 18.2 Å². The van der Waals surface area contributed by atoms with Gasteiger partial charge in [0.25, 0.3) is 0 Å². The molecular weight excluding hydrogens is 214 g/mol. The van der Waals surface area contributed by atoms with Gasteiger partial charge in [0.2, 0.25) is 10.0 Å². The number of nitrogens with one attached hydrogen (secondary N) is 1. The zero-order chi connectivity index (χ0) is 11.1. The summed E-state index contributed by atoms with van der Waals surface area (Å²) in [5.41, 5.74) is 1.48. The molecule has 0 amide bonds. The lowest BCUT2D eigenvalue weighted by Crippen LogP contribution is -2.22. The summed E-state index contributed by atoms with van der Waals surface area (Å²) in [5, 5.41) is 0. The third kappa shape index (κ3) is 1.62. The SMILES string of the molecule is CN(C)S(=O)(=O)c1ccc2nc[nH]c2c1. The fourth-order valence-electron chi connectivity index (χ4n) is 1.29. The molecule has 1 aromatic heterocycles. The molecule has 0 aliphatic heterocycles. The van der Waals surface area contributed by atoms with Gasteiger partial charge in [0.15, 0.2) is 0 Å². The van der Waals surface area contributed by atoms with Crippen LogP contribution in [-0.4, -0.2) is 36.8 Å². The molecule has 80 valence electrons. The summed E-state index contributed by atoms with van der Waals surface area (Å²) in [4.78, 5) is 7.17. The van der Waals surface area contributed by atoms with Crippen molar-refractivity contribution < 1.29 is 8.42 Å². The van der Waals surface area contributed by atoms with Crippen LogP contribution in [0.3, 0.4) is 0 Å². The highest BCUT2D eigenvalue weighted by molar-refractivity contribution is 7.89. The fraction of sp³-hybridized carbons (Fsp3) is 0.222. The minimum Gasteiger partial charge on any atom is -0.345 e. The Balaban J connectivity index is 2.63. The molecule has 0 aliphatic rings. The highest BCUT2D eigenvalue weighted by Crippen LogP contribution is 2.17. The largest absolute Gasteiger partial charge is 0.345 e. The van der Waals surface area contributed by atoms with Crippen molar-refractivity contribution in [1.82, 2.24) is 14.3 Å². The van der Waals surface area contributed by atoms with Crippen molar-refractivity contribution in [2.24, 2.45) is 0 Å². The second-order valence-electron chi connectivity index (χ2n) is 3.37. The zero-order valence-electron chi connectivity index (χ0n) is 8.43. The lowest BCUT2D eigenvalue weighted by atomic mass is 10.3. The maximum absolute atomic E-state index is 11.8. The van der Waals surface area contributed by atoms with Crippen molar-refractivity contribution in [2.75, 3.05) is 14.1 Å². The van der Waals surface area contributed by atoms with Crippen molar-refractivity contribution in [3.05, 3.63) is 24.5 Å². The first-order valence-corrected chi connectivity index (χ1v) is 5.81. The van der Waals surface area contributed by atoms with Gasteiger partial charge in [-0.15, -0.1) is 0 Å². The van der Waals surface area contributed by atoms with Crippen LogP contribution in [0.25, 0.3) is 11.0 Å². The highest BCUT2D eigenvalue weighted by atomic mass is 32.2. The van der Waals surface area contributed by atoms with Gasteiger partial charge >= 0.3 is 0 Å². The lowest BCUT2D eigenvalue weighted by Gasteiger charge is -2.10. The Labute approximate surface area is 87.8 Å². The van der Waals surface area contributed by atoms with Gasteiger partial charge in [-0.2, -0.15) is 0 Å². The maximum atomic E-state index is 11.8. The summed E-state index contributed by atoms with van der Waals surface area (Å²) in [6.07, 6.45) is 1.54. The third-order valence-electron chi connectivity index (χ3n) is 2.17. The summed E-state index contributed by atoms with van der Waals surface area (Å²) in [6, 6.07) is 4.82. The normalized spacial score (nSPS) is 12.5. The molecule has 15 heavy (non-hydrogen) atoms. The Morgan fingerprint density at radius 1 is 1.33 bits per heavy atom. The molecule has 6 heteroatoms. The summed E-state index contributed by atoms with van der Waals surface area (Å²) in [7, 11) is -0.348. The maximum Gasteiger partial charge on any atom is 0.242 e. The van der Waals surface area contributed by atoms with Gasteiger partial charge in [0, 0.05) is 14.1 Å². The number of fused-ring (bicyclic) bond motifs is 1. The second kappa shape index (κ2) is 3.32. The van der Waals surface area contributed by atoms with E-state index in [9.17, 15) is 8.42 Å². The molecule has 0 unspecified atom stereocenters. The number of imidazole rings is 1. The van der Waals surface area contributed by atoms with Crippen LogP contribution in [0.5, 0.6) is 0 Å². The van der Waals surface area contributed by atoms with Gasteiger partial charge in [-0.1, -0.05) is 0 Å². The summed E-state index contributed by atoms with van der Waals surface area (Å²) in [6.45, 7) is 0.